The molecular formula is C18H15NdO9P3+3. The van der Waals surface area contributed by atoms with Crippen LogP contribution in [-0.2, 0) is 13.7 Å². The number of para-hydroxylation sites is 3. The van der Waals surface area contributed by atoms with Crippen molar-refractivity contribution in [1.82, 2.24) is 0 Å². The standard InChI is InChI=1S/3C6H5O3P.Nd/c3*7-10(8)9-6-4-2-1-3-5-6;/h3*1-5H;/q;;;+3. The molecule has 31 heavy (non-hydrogen) atoms. The van der Waals surface area contributed by atoms with Crippen LogP contribution in [0.3, 0.4) is 0 Å². The van der Waals surface area contributed by atoms with E-state index in [0.29, 0.717) is 17.2 Å². The van der Waals surface area contributed by atoms with E-state index in [2.05, 4.69) is 13.6 Å². The molecule has 0 heterocycles. The minimum absolute atomic E-state index is 0. The Labute approximate surface area is 214 Å². The van der Waals surface area contributed by atoms with Crippen molar-refractivity contribution < 1.29 is 82.8 Å². The van der Waals surface area contributed by atoms with E-state index in [9.17, 15) is 28.4 Å². The first-order chi connectivity index (χ1) is 14.4. The molecule has 0 amide bonds. The zero-order valence-electron chi connectivity index (χ0n) is 15.7. The van der Waals surface area contributed by atoms with Crippen LogP contribution in [0.1, 0.15) is 0 Å². The summed E-state index contributed by atoms with van der Waals surface area (Å²) in [6, 6.07) is 25.0. The maximum Gasteiger partial charge on any atom is 3.00 e. The monoisotopic (exact) mass is 610 g/mol. The second-order valence-corrected chi connectivity index (χ2v) is 6.77. The van der Waals surface area contributed by atoms with E-state index in [0.717, 1.165) is 0 Å². The fourth-order valence-electron chi connectivity index (χ4n) is 1.70. The van der Waals surface area contributed by atoms with Crippen molar-refractivity contribution in [2.24, 2.45) is 0 Å². The zero-order chi connectivity index (χ0) is 22.2. The molecule has 0 spiro atoms. The maximum atomic E-state index is 9.98. The number of benzene rings is 3. The maximum absolute atomic E-state index is 9.98. The van der Waals surface area contributed by atoms with Gasteiger partial charge in [-0.25, -0.2) is 0 Å². The molecule has 0 saturated heterocycles. The molecule has 0 bridgehead atoms. The molecular weight excluding hydrogens is 597 g/mol. The Balaban J connectivity index is 0.000000429. The van der Waals surface area contributed by atoms with Gasteiger partial charge in [-0.15, -0.1) is 0 Å². The first-order valence-corrected chi connectivity index (χ1v) is 11.3. The van der Waals surface area contributed by atoms with Gasteiger partial charge in [0, 0.05) is 0 Å². The third kappa shape index (κ3) is 16.9. The molecule has 3 aromatic carbocycles. The third-order valence-electron chi connectivity index (χ3n) is 2.77. The van der Waals surface area contributed by atoms with Crippen LogP contribution >= 0.6 is 24.8 Å². The molecule has 0 aliphatic heterocycles. The second kappa shape index (κ2) is 18.2. The average Bonchev–Trinajstić information content (AvgIpc) is 2.70. The Kier molecular flexibility index (Phi) is 17.4. The first-order valence-electron chi connectivity index (χ1n) is 7.99. The second-order valence-electron chi connectivity index (χ2n) is 4.88. The van der Waals surface area contributed by atoms with Gasteiger partial charge in [0.05, 0.1) is 0 Å². The average molecular weight is 612 g/mol. The first kappa shape index (κ1) is 29.6. The quantitative estimate of drug-likeness (QED) is 0.383. The van der Waals surface area contributed by atoms with Crippen molar-refractivity contribution in [2.45, 2.75) is 0 Å². The van der Waals surface area contributed by atoms with Gasteiger partial charge >= 0.3 is 65.6 Å². The van der Waals surface area contributed by atoms with Gasteiger partial charge in [0.2, 0.25) is 0 Å². The van der Waals surface area contributed by atoms with Gasteiger partial charge in [-0.2, -0.15) is 0 Å². The summed E-state index contributed by atoms with van der Waals surface area (Å²) in [5, 5.41) is 0. The van der Waals surface area contributed by atoms with Gasteiger partial charge in [0.25, 0.3) is 0 Å². The van der Waals surface area contributed by atoms with E-state index in [-0.39, 0.29) is 40.8 Å². The van der Waals surface area contributed by atoms with Crippen LogP contribution in [0.25, 0.3) is 0 Å². The summed E-state index contributed by atoms with van der Waals surface area (Å²) in [5.41, 5.74) is 0. The molecule has 3 atom stereocenters. The van der Waals surface area contributed by atoms with Crippen LogP contribution < -0.4 is 28.3 Å². The van der Waals surface area contributed by atoms with Crippen molar-refractivity contribution in [3.63, 3.8) is 0 Å². The Hall–Kier alpha value is -1.41. The minimum atomic E-state index is -2.78. The zero-order valence-corrected chi connectivity index (χ0v) is 21.6. The van der Waals surface area contributed by atoms with Gasteiger partial charge in [0.15, 0.2) is 17.2 Å². The summed E-state index contributed by atoms with van der Waals surface area (Å²) < 4.78 is 43.1. The normalized spacial score (nSPS) is 10.4. The van der Waals surface area contributed by atoms with E-state index in [1.54, 1.807) is 91.0 Å². The fourth-order valence-corrected chi connectivity index (χ4v) is 2.58. The topological polar surface area (TPSA) is 148 Å². The molecule has 13 heteroatoms. The molecule has 0 aliphatic carbocycles. The Morgan fingerprint density at radius 2 is 0.645 bits per heavy atom. The van der Waals surface area contributed by atoms with Crippen LogP contribution in [0.15, 0.2) is 91.0 Å². The summed E-state index contributed by atoms with van der Waals surface area (Å²) in [6.45, 7) is 0. The van der Waals surface area contributed by atoms with Crippen LogP contribution in [0.5, 0.6) is 17.2 Å². The van der Waals surface area contributed by atoms with E-state index in [1.165, 1.54) is 0 Å². The number of rotatable bonds is 6. The van der Waals surface area contributed by atoms with E-state index < -0.39 is 24.8 Å². The third-order valence-corrected chi connectivity index (χ3v) is 3.85. The van der Waals surface area contributed by atoms with Crippen molar-refractivity contribution in [3.05, 3.63) is 91.0 Å². The summed E-state index contributed by atoms with van der Waals surface area (Å²) in [6.07, 6.45) is 0. The van der Waals surface area contributed by atoms with E-state index >= 15 is 0 Å². The number of hydrogen-bond acceptors (Lipinski definition) is 9. The Bertz CT molecular complexity index is 794. The van der Waals surface area contributed by atoms with Crippen LogP contribution in [0, 0.1) is 40.8 Å². The van der Waals surface area contributed by atoms with Crippen LogP contribution in [0.2, 0.25) is 0 Å². The van der Waals surface area contributed by atoms with Crippen molar-refractivity contribution in [3.8, 4) is 17.2 Å². The molecule has 3 unspecified atom stereocenters. The van der Waals surface area contributed by atoms with Gasteiger partial charge in [-0.3, -0.25) is 13.6 Å². The molecule has 0 fully saturated rings. The van der Waals surface area contributed by atoms with E-state index in [4.69, 9.17) is 0 Å². The van der Waals surface area contributed by atoms with Gasteiger partial charge in [0.1, 0.15) is 0 Å². The van der Waals surface area contributed by atoms with Gasteiger partial charge < -0.3 is 14.7 Å². The van der Waals surface area contributed by atoms with E-state index in [1.807, 2.05) is 0 Å². The number of hydrogen-bond donors (Lipinski definition) is 0. The smallest absolute Gasteiger partial charge is 0.558 e. The van der Waals surface area contributed by atoms with Gasteiger partial charge in [-0.1, -0.05) is 54.6 Å². The van der Waals surface area contributed by atoms with Crippen molar-refractivity contribution in [1.29, 1.82) is 0 Å². The predicted molar refractivity (Wildman–Crippen MR) is 104 cm³/mol. The SMILES string of the molecule is O=[P+]([O-])Oc1ccccc1.O=[P+]([O-])Oc1ccccc1.O=[P+]([O-])Oc1ccccc1.[Nd+3]. The van der Waals surface area contributed by atoms with Crippen LogP contribution in [-0.4, -0.2) is 0 Å². The molecule has 0 N–H and O–H groups in total. The molecule has 157 valence electrons. The molecule has 0 aromatic heterocycles. The largest absolute Gasteiger partial charge is 3.00 e. The summed E-state index contributed by atoms with van der Waals surface area (Å²) in [5.74, 6) is 1.04. The summed E-state index contributed by atoms with van der Waals surface area (Å²) in [7, 11) is -8.33. The molecule has 3 aromatic rings. The molecule has 0 aliphatic rings. The molecule has 3 rings (SSSR count). The molecule has 1 radical (unpaired) electrons. The Morgan fingerprint density at radius 1 is 0.452 bits per heavy atom. The fraction of sp³-hybridized carbons (Fsp3) is 0. The van der Waals surface area contributed by atoms with Crippen LogP contribution in [0.4, 0.5) is 0 Å². The summed E-state index contributed by atoms with van der Waals surface area (Å²) in [4.78, 5) is 30.0. The van der Waals surface area contributed by atoms with Crippen molar-refractivity contribution >= 4 is 24.8 Å². The van der Waals surface area contributed by atoms with Gasteiger partial charge in [-0.05, 0) is 50.1 Å². The molecule has 9 nitrogen and oxygen atoms in total. The minimum Gasteiger partial charge on any atom is -0.558 e. The van der Waals surface area contributed by atoms with Crippen molar-refractivity contribution in [2.75, 3.05) is 0 Å². The predicted octanol–water partition coefficient (Wildman–Crippen LogP) is 3.25. The molecule has 0 saturated carbocycles. The Morgan fingerprint density at radius 3 is 0.806 bits per heavy atom. The summed E-state index contributed by atoms with van der Waals surface area (Å²) >= 11 is 0.